The predicted octanol–water partition coefficient (Wildman–Crippen LogP) is 3.64. The maximum absolute atomic E-state index is 4.56. The van der Waals surface area contributed by atoms with Crippen molar-refractivity contribution >= 4 is 0 Å². The Morgan fingerprint density at radius 3 is 2.29 bits per heavy atom. The highest BCUT2D eigenvalue weighted by molar-refractivity contribution is 5.25. The van der Waals surface area contributed by atoms with Gasteiger partial charge in [-0.15, -0.1) is 0 Å². The smallest absolute Gasteiger partial charge is 0.0423 e. The molecule has 0 aliphatic carbocycles. The fourth-order valence-electron chi connectivity index (χ4n) is 2.65. The van der Waals surface area contributed by atoms with Crippen LogP contribution >= 0.6 is 0 Å². The SMILES string of the molecule is CNC(c1ccc(C)nc1C)C(C)CC(C)C. The second-order valence-corrected chi connectivity index (χ2v) is 5.50. The van der Waals surface area contributed by atoms with Crippen LogP contribution < -0.4 is 5.32 Å². The second-order valence-electron chi connectivity index (χ2n) is 5.50. The molecule has 0 saturated carbocycles. The first kappa shape index (κ1) is 14.2. The van der Waals surface area contributed by atoms with Gasteiger partial charge in [0.1, 0.15) is 0 Å². The summed E-state index contributed by atoms with van der Waals surface area (Å²) in [5, 5.41) is 3.44. The molecule has 0 fully saturated rings. The molecular weight excluding hydrogens is 208 g/mol. The van der Waals surface area contributed by atoms with Crippen LogP contribution in [0, 0.1) is 25.7 Å². The second kappa shape index (κ2) is 6.15. The number of rotatable bonds is 5. The van der Waals surface area contributed by atoms with Crippen LogP contribution in [0.1, 0.15) is 50.2 Å². The molecule has 0 saturated heterocycles. The molecule has 2 unspecified atom stereocenters. The van der Waals surface area contributed by atoms with E-state index in [1.165, 1.54) is 12.0 Å². The summed E-state index contributed by atoms with van der Waals surface area (Å²) >= 11 is 0. The van der Waals surface area contributed by atoms with Gasteiger partial charge in [-0.2, -0.15) is 0 Å². The lowest BCUT2D eigenvalue weighted by Crippen LogP contribution is -2.25. The standard InChI is InChI=1S/C15H26N2/c1-10(2)9-11(3)15(16-6)14-8-7-12(4)17-13(14)5/h7-8,10-11,15-16H,9H2,1-6H3. The lowest BCUT2D eigenvalue weighted by molar-refractivity contribution is 0.341. The summed E-state index contributed by atoms with van der Waals surface area (Å²) in [6, 6.07) is 4.73. The first-order chi connectivity index (χ1) is 7.95. The highest BCUT2D eigenvalue weighted by Crippen LogP contribution is 2.28. The van der Waals surface area contributed by atoms with E-state index < -0.39 is 0 Å². The van der Waals surface area contributed by atoms with E-state index in [4.69, 9.17) is 0 Å². The van der Waals surface area contributed by atoms with Crippen LogP contribution in [-0.4, -0.2) is 12.0 Å². The Balaban J connectivity index is 2.93. The fourth-order valence-corrected chi connectivity index (χ4v) is 2.65. The van der Waals surface area contributed by atoms with Crippen LogP contribution in [0.4, 0.5) is 0 Å². The molecule has 0 amide bonds. The minimum Gasteiger partial charge on any atom is -0.313 e. The molecule has 2 atom stereocenters. The van der Waals surface area contributed by atoms with E-state index in [9.17, 15) is 0 Å². The Kier molecular flexibility index (Phi) is 5.13. The van der Waals surface area contributed by atoms with Crippen LogP contribution in [0.25, 0.3) is 0 Å². The van der Waals surface area contributed by atoms with Gasteiger partial charge in [0.05, 0.1) is 0 Å². The molecule has 0 radical (unpaired) electrons. The third-order valence-corrected chi connectivity index (χ3v) is 3.32. The minimum absolute atomic E-state index is 0.408. The quantitative estimate of drug-likeness (QED) is 0.841. The molecule has 2 nitrogen and oxygen atoms in total. The predicted molar refractivity (Wildman–Crippen MR) is 74.1 cm³/mol. The molecule has 0 spiro atoms. The third kappa shape index (κ3) is 3.81. The summed E-state index contributed by atoms with van der Waals surface area (Å²) in [5.41, 5.74) is 3.59. The van der Waals surface area contributed by atoms with E-state index in [1.807, 2.05) is 14.0 Å². The molecule has 1 heterocycles. The lowest BCUT2D eigenvalue weighted by atomic mass is 9.87. The van der Waals surface area contributed by atoms with Gasteiger partial charge in [0.15, 0.2) is 0 Å². The van der Waals surface area contributed by atoms with Crippen molar-refractivity contribution in [2.75, 3.05) is 7.05 Å². The van der Waals surface area contributed by atoms with Gasteiger partial charge in [0.2, 0.25) is 0 Å². The van der Waals surface area contributed by atoms with Gasteiger partial charge in [0, 0.05) is 17.4 Å². The van der Waals surface area contributed by atoms with Gasteiger partial charge in [-0.25, -0.2) is 0 Å². The Hall–Kier alpha value is -0.890. The van der Waals surface area contributed by atoms with E-state index in [-0.39, 0.29) is 0 Å². The van der Waals surface area contributed by atoms with Crippen molar-refractivity contribution in [3.8, 4) is 0 Å². The fraction of sp³-hybridized carbons (Fsp3) is 0.667. The monoisotopic (exact) mass is 234 g/mol. The molecule has 1 N–H and O–H groups in total. The number of aromatic nitrogens is 1. The molecule has 0 aliphatic heterocycles. The van der Waals surface area contributed by atoms with Crippen molar-refractivity contribution < 1.29 is 0 Å². The lowest BCUT2D eigenvalue weighted by Gasteiger charge is -2.26. The van der Waals surface area contributed by atoms with E-state index >= 15 is 0 Å². The summed E-state index contributed by atoms with van der Waals surface area (Å²) in [4.78, 5) is 4.56. The van der Waals surface area contributed by atoms with Crippen LogP contribution in [0.3, 0.4) is 0 Å². The van der Waals surface area contributed by atoms with Gasteiger partial charge in [-0.3, -0.25) is 4.98 Å². The van der Waals surface area contributed by atoms with Crippen molar-refractivity contribution in [1.29, 1.82) is 0 Å². The molecule has 0 aromatic carbocycles. The van der Waals surface area contributed by atoms with Crippen molar-refractivity contribution in [1.82, 2.24) is 10.3 Å². The number of nitrogens with one attached hydrogen (secondary N) is 1. The first-order valence-electron chi connectivity index (χ1n) is 6.57. The zero-order valence-electron chi connectivity index (χ0n) is 12.0. The van der Waals surface area contributed by atoms with E-state index in [0.717, 1.165) is 17.3 Å². The van der Waals surface area contributed by atoms with Crippen LogP contribution in [0.2, 0.25) is 0 Å². The average Bonchev–Trinajstić information content (AvgIpc) is 2.21. The van der Waals surface area contributed by atoms with Gasteiger partial charge in [-0.1, -0.05) is 26.8 Å². The van der Waals surface area contributed by atoms with E-state index in [0.29, 0.717) is 12.0 Å². The number of pyridine rings is 1. The van der Waals surface area contributed by atoms with Gasteiger partial charge in [0.25, 0.3) is 0 Å². The summed E-state index contributed by atoms with van der Waals surface area (Å²) < 4.78 is 0. The van der Waals surface area contributed by atoms with Crippen LogP contribution in [-0.2, 0) is 0 Å². The highest BCUT2D eigenvalue weighted by atomic mass is 14.9. The summed E-state index contributed by atoms with van der Waals surface area (Å²) in [7, 11) is 2.04. The summed E-state index contributed by atoms with van der Waals surface area (Å²) in [5.74, 6) is 1.36. The number of hydrogen-bond donors (Lipinski definition) is 1. The van der Waals surface area contributed by atoms with Crippen molar-refractivity contribution in [3.05, 3.63) is 29.1 Å². The molecule has 96 valence electrons. The zero-order valence-corrected chi connectivity index (χ0v) is 12.0. The van der Waals surface area contributed by atoms with Crippen LogP contribution in [0.15, 0.2) is 12.1 Å². The van der Waals surface area contributed by atoms with Crippen molar-refractivity contribution in [3.63, 3.8) is 0 Å². The highest BCUT2D eigenvalue weighted by Gasteiger charge is 2.20. The first-order valence-corrected chi connectivity index (χ1v) is 6.57. The zero-order chi connectivity index (χ0) is 13.0. The summed E-state index contributed by atoms with van der Waals surface area (Å²) in [6.07, 6.45) is 1.23. The molecule has 0 aliphatic rings. The average molecular weight is 234 g/mol. The van der Waals surface area contributed by atoms with Gasteiger partial charge < -0.3 is 5.32 Å². The number of nitrogens with zero attached hydrogens (tertiary/aromatic N) is 1. The topological polar surface area (TPSA) is 24.9 Å². The molecule has 17 heavy (non-hydrogen) atoms. The Bertz CT molecular complexity index is 358. The van der Waals surface area contributed by atoms with Gasteiger partial charge in [-0.05, 0) is 50.8 Å². The van der Waals surface area contributed by atoms with E-state index in [1.54, 1.807) is 0 Å². The Labute approximate surface area is 106 Å². The van der Waals surface area contributed by atoms with E-state index in [2.05, 4.69) is 50.1 Å². The molecule has 0 bridgehead atoms. The minimum atomic E-state index is 0.408. The third-order valence-electron chi connectivity index (χ3n) is 3.32. The Morgan fingerprint density at radius 1 is 1.18 bits per heavy atom. The molecule has 1 aromatic heterocycles. The molecular formula is C15H26N2. The van der Waals surface area contributed by atoms with Crippen molar-refractivity contribution in [2.24, 2.45) is 11.8 Å². The molecule has 2 heteroatoms. The Morgan fingerprint density at radius 2 is 1.82 bits per heavy atom. The maximum atomic E-state index is 4.56. The largest absolute Gasteiger partial charge is 0.313 e. The van der Waals surface area contributed by atoms with Crippen LogP contribution in [0.5, 0.6) is 0 Å². The molecule has 1 rings (SSSR count). The maximum Gasteiger partial charge on any atom is 0.0423 e. The van der Waals surface area contributed by atoms with Gasteiger partial charge >= 0.3 is 0 Å². The number of aryl methyl sites for hydroxylation is 2. The number of hydrogen-bond acceptors (Lipinski definition) is 2. The molecule has 1 aromatic rings. The summed E-state index contributed by atoms with van der Waals surface area (Å²) in [6.45, 7) is 11.0. The normalized spacial score (nSPS) is 15.0. The van der Waals surface area contributed by atoms with Crippen molar-refractivity contribution in [2.45, 2.75) is 47.1 Å².